The fraction of sp³-hybridized carbons (Fsp3) is 1.00. The molecule has 1 fully saturated rings. The first kappa shape index (κ1) is 19.2. The van der Waals surface area contributed by atoms with E-state index in [4.69, 9.17) is 0 Å². The molecule has 12 heteroatoms. The van der Waals surface area contributed by atoms with Crippen LogP contribution >= 0.6 is 0 Å². The van der Waals surface area contributed by atoms with E-state index in [0.717, 1.165) is 7.11 Å². The third-order valence-electron chi connectivity index (χ3n) is 3.44. The fourth-order valence-electron chi connectivity index (χ4n) is 2.06. The van der Waals surface area contributed by atoms with Gasteiger partial charge in [0.05, 0.1) is 0 Å². The maximum atomic E-state index is 13.9. The molecule has 1 aliphatic rings. The Morgan fingerprint density at radius 1 is 0.591 bits per heavy atom. The summed E-state index contributed by atoms with van der Waals surface area (Å²) < 4.78 is 149. The Bertz CT molecular complexity index is 401. The summed E-state index contributed by atoms with van der Waals surface area (Å²) in [6.45, 7) is -0.717. The van der Waals surface area contributed by atoms with Gasteiger partial charge in [0.1, 0.15) is 0 Å². The second-order valence-corrected chi connectivity index (χ2v) is 4.77. The second-order valence-electron chi connectivity index (χ2n) is 4.77. The van der Waals surface area contributed by atoms with Gasteiger partial charge in [0.25, 0.3) is 0 Å². The lowest BCUT2D eigenvalue weighted by Crippen LogP contribution is -2.83. The average Bonchev–Trinajstić information content (AvgIpc) is 2.36. The van der Waals surface area contributed by atoms with Crippen LogP contribution in [0.15, 0.2) is 0 Å². The number of halogens is 11. The van der Waals surface area contributed by atoms with Crippen LogP contribution in [-0.4, -0.2) is 49.0 Å². The Morgan fingerprint density at radius 2 is 0.909 bits per heavy atom. The molecule has 0 amide bonds. The molecular weight excluding hydrogens is 345 g/mol. The van der Waals surface area contributed by atoms with Crippen molar-refractivity contribution in [3.8, 4) is 0 Å². The average molecular weight is 354 g/mol. The zero-order valence-electron chi connectivity index (χ0n) is 10.7. The molecular formula is C10H9F11O. The Morgan fingerprint density at radius 3 is 1.23 bits per heavy atom. The molecule has 1 nitrogen and oxygen atoms in total. The predicted octanol–water partition coefficient (Wildman–Crippen LogP) is 4.31. The lowest BCUT2D eigenvalue weighted by molar-refractivity contribution is -0.485. The quantitative estimate of drug-likeness (QED) is 0.540. The molecule has 0 radical (unpaired) electrons. The summed E-state index contributed by atoms with van der Waals surface area (Å²) in [6, 6.07) is 0. The Balaban J connectivity index is 3.55. The standard InChI is InChI=1S/C10H9F11O/c1-22-4-2-3-5(11)6(12,13)8(16,17)10(20,21)9(18,19)7(5,14)15/h2-4H2,1H3. The first-order valence-corrected chi connectivity index (χ1v) is 5.63. The number of hydrogen-bond donors (Lipinski definition) is 0. The molecule has 0 N–H and O–H groups in total. The van der Waals surface area contributed by atoms with Crippen molar-refractivity contribution in [2.75, 3.05) is 13.7 Å². The van der Waals surface area contributed by atoms with Crippen LogP contribution in [0.3, 0.4) is 0 Å². The number of ether oxygens (including phenoxy) is 1. The van der Waals surface area contributed by atoms with E-state index in [1.165, 1.54) is 0 Å². The molecule has 132 valence electrons. The van der Waals surface area contributed by atoms with Gasteiger partial charge in [-0.15, -0.1) is 0 Å². The summed E-state index contributed by atoms with van der Waals surface area (Å²) in [5, 5.41) is 0. The van der Waals surface area contributed by atoms with Gasteiger partial charge in [-0.2, -0.15) is 43.9 Å². The van der Waals surface area contributed by atoms with Crippen LogP contribution in [0.4, 0.5) is 48.3 Å². The predicted molar refractivity (Wildman–Crippen MR) is 49.7 cm³/mol. The van der Waals surface area contributed by atoms with Gasteiger partial charge in [0, 0.05) is 13.7 Å². The minimum absolute atomic E-state index is 0.717. The van der Waals surface area contributed by atoms with Crippen LogP contribution in [0.5, 0.6) is 0 Å². The van der Waals surface area contributed by atoms with Crippen LogP contribution in [0.2, 0.25) is 0 Å². The van der Waals surface area contributed by atoms with E-state index in [1.807, 2.05) is 0 Å². The molecule has 0 bridgehead atoms. The van der Waals surface area contributed by atoms with Gasteiger partial charge in [-0.25, -0.2) is 4.39 Å². The normalized spacial score (nSPS) is 30.0. The molecule has 0 aromatic carbocycles. The fourth-order valence-corrected chi connectivity index (χ4v) is 2.06. The molecule has 0 spiro atoms. The van der Waals surface area contributed by atoms with Gasteiger partial charge < -0.3 is 4.74 Å². The summed E-state index contributed by atoms with van der Waals surface area (Å²) in [6.07, 6.45) is -3.34. The lowest BCUT2D eigenvalue weighted by Gasteiger charge is -2.52. The van der Waals surface area contributed by atoms with Crippen LogP contribution in [0.25, 0.3) is 0 Å². The minimum atomic E-state index is -7.15. The largest absolute Gasteiger partial charge is 0.385 e. The van der Waals surface area contributed by atoms with E-state index >= 15 is 0 Å². The van der Waals surface area contributed by atoms with Crippen LogP contribution < -0.4 is 0 Å². The van der Waals surface area contributed by atoms with Gasteiger partial charge in [0.2, 0.25) is 5.67 Å². The van der Waals surface area contributed by atoms with E-state index in [0.29, 0.717) is 0 Å². The maximum Gasteiger partial charge on any atom is 0.384 e. The third kappa shape index (κ3) is 1.81. The van der Waals surface area contributed by atoms with Crippen molar-refractivity contribution in [1.29, 1.82) is 0 Å². The number of methoxy groups -OCH3 is 1. The van der Waals surface area contributed by atoms with Crippen molar-refractivity contribution >= 4 is 0 Å². The summed E-state index contributed by atoms with van der Waals surface area (Å²) in [5.74, 6) is -34.7. The van der Waals surface area contributed by atoms with Crippen molar-refractivity contribution in [3.05, 3.63) is 0 Å². The van der Waals surface area contributed by atoms with E-state index in [1.54, 1.807) is 0 Å². The Labute approximate surface area is 116 Å². The van der Waals surface area contributed by atoms with Crippen molar-refractivity contribution in [2.24, 2.45) is 0 Å². The topological polar surface area (TPSA) is 9.23 Å². The van der Waals surface area contributed by atoms with Crippen LogP contribution in [-0.2, 0) is 4.74 Å². The third-order valence-corrected chi connectivity index (χ3v) is 3.44. The van der Waals surface area contributed by atoms with E-state index < -0.39 is 54.7 Å². The molecule has 1 rings (SSSR count). The summed E-state index contributed by atoms with van der Waals surface area (Å²) in [4.78, 5) is 0. The molecule has 0 saturated heterocycles. The zero-order valence-corrected chi connectivity index (χ0v) is 10.7. The van der Waals surface area contributed by atoms with Gasteiger partial charge >= 0.3 is 29.6 Å². The number of alkyl halides is 11. The van der Waals surface area contributed by atoms with Gasteiger partial charge in [-0.05, 0) is 12.8 Å². The van der Waals surface area contributed by atoms with Gasteiger partial charge in [0.15, 0.2) is 0 Å². The Kier molecular flexibility index (Phi) is 4.23. The van der Waals surface area contributed by atoms with Crippen molar-refractivity contribution in [1.82, 2.24) is 0 Å². The first-order chi connectivity index (χ1) is 9.56. The molecule has 0 aromatic heterocycles. The first-order valence-electron chi connectivity index (χ1n) is 5.63. The maximum absolute atomic E-state index is 13.9. The molecule has 0 unspecified atom stereocenters. The number of rotatable bonds is 4. The van der Waals surface area contributed by atoms with Crippen molar-refractivity contribution in [3.63, 3.8) is 0 Å². The summed E-state index contributed by atoms with van der Waals surface area (Å²) >= 11 is 0. The van der Waals surface area contributed by atoms with Gasteiger partial charge in [-0.3, -0.25) is 0 Å². The highest BCUT2D eigenvalue weighted by Crippen LogP contribution is 2.70. The van der Waals surface area contributed by atoms with E-state index in [-0.39, 0.29) is 0 Å². The van der Waals surface area contributed by atoms with Crippen LogP contribution in [0.1, 0.15) is 12.8 Å². The van der Waals surface area contributed by atoms with E-state index in [9.17, 15) is 48.3 Å². The smallest absolute Gasteiger partial charge is 0.384 e. The molecule has 1 aliphatic carbocycles. The Hall–Kier alpha value is -0.810. The second kappa shape index (κ2) is 4.84. The highest BCUT2D eigenvalue weighted by atomic mass is 19.4. The highest BCUT2D eigenvalue weighted by Gasteiger charge is 3.00. The molecule has 0 heterocycles. The lowest BCUT2D eigenvalue weighted by atomic mass is 9.70. The summed E-state index contributed by atoms with van der Waals surface area (Å²) in [7, 11) is 0.902. The highest BCUT2D eigenvalue weighted by molar-refractivity contribution is 5.26. The van der Waals surface area contributed by atoms with Crippen molar-refractivity contribution in [2.45, 2.75) is 48.1 Å². The SMILES string of the molecule is COCCCC1(F)C(F)(F)C(F)(F)C(F)(F)C(F)(F)C1(F)F. The minimum Gasteiger partial charge on any atom is -0.385 e. The van der Waals surface area contributed by atoms with Gasteiger partial charge in [-0.1, -0.05) is 0 Å². The molecule has 0 atom stereocenters. The molecule has 0 aromatic rings. The molecule has 22 heavy (non-hydrogen) atoms. The van der Waals surface area contributed by atoms with E-state index in [2.05, 4.69) is 4.74 Å². The molecule has 0 aliphatic heterocycles. The molecule has 1 saturated carbocycles. The number of hydrogen-bond acceptors (Lipinski definition) is 1. The summed E-state index contributed by atoms with van der Waals surface area (Å²) in [5.41, 5.74) is -5.88. The van der Waals surface area contributed by atoms with Crippen molar-refractivity contribution < 1.29 is 53.0 Å². The monoisotopic (exact) mass is 354 g/mol. The zero-order chi connectivity index (χ0) is 17.8. The van der Waals surface area contributed by atoms with Crippen LogP contribution in [0, 0.1) is 0 Å².